The van der Waals surface area contributed by atoms with Crippen molar-refractivity contribution in [1.29, 1.82) is 0 Å². The first-order valence-corrected chi connectivity index (χ1v) is 5.58. The molecular weight excluding hydrogens is 229 g/mol. The Hall–Kier alpha value is -1.03. The number of alkyl halides is 3. The maximum absolute atomic E-state index is 13.1. The van der Waals surface area contributed by atoms with E-state index in [1.165, 1.54) is 13.8 Å². The SMILES string of the molecule is CC1(C)c2ccccc2CCC1(O)C(F)(F)F. The highest BCUT2D eigenvalue weighted by Gasteiger charge is 2.63. The van der Waals surface area contributed by atoms with Gasteiger partial charge in [-0.1, -0.05) is 38.1 Å². The second kappa shape index (κ2) is 3.48. The van der Waals surface area contributed by atoms with E-state index in [2.05, 4.69) is 0 Å². The number of hydrogen-bond donors (Lipinski definition) is 1. The van der Waals surface area contributed by atoms with Gasteiger partial charge in [-0.15, -0.1) is 0 Å². The molecular formula is C13H15F3O. The topological polar surface area (TPSA) is 20.2 Å². The summed E-state index contributed by atoms with van der Waals surface area (Å²) in [4.78, 5) is 0. The van der Waals surface area contributed by atoms with Crippen LogP contribution in [0.15, 0.2) is 24.3 Å². The molecule has 0 saturated heterocycles. The predicted molar refractivity (Wildman–Crippen MR) is 58.8 cm³/mol. The van der Waals surface area contributed by atoms with Gasteiger partial charge in [-0.3, -0.25) is 0 Å². The molecule has 0 saturated carbocycles. The second-order valence-corrected chi connectivity index (χ2v) is 5.14. The Labute approximate surface area is 98.3 Å². The zero-order valence-corrected chi connectivity index (χ0v) is 9.80. The summed E-state index contributed by atoms with van der Waals surface area (Å²) in [7, 11) is 0. The van der Waals surface area contributed by atoms with Gasteiger partial charge < -0.3 is 5.11 Å². The Kier molecular flexibility index (Phi) is 2.54. The average Bonchev–Trinajstić information content (AvgIpc) is 2.23. The summed E-state index contributed by atoms with van der Waals surface area (Å²) in [6.45, 7) is 2.91. The minimum Gasteiger partial charge on any atom is -0.380 e. The van der Waals surface area contributed by atoms with Gasteiger partial charge in [-0.25, -0.2) is 0 Å². The lowest BCUT2D eigenvalue weighted by Gasteiger charge is -2.48. The molecule has 0 fully saturated rings. The van der Waals surface area contributed by atoms with Gasteiger partial charge in [0.15, 0.2) is 5.60 Å². The third kappa shape index (κ3) is 1.58. The van der Waals surface area contributed by atoms with Gasteiger partial charge >= 0.3 is 6.18 Å². The molecule has 0 amide bonds. The summed E-state index contributed by atoms with van der Waals surface area (Å²) >= 11 is 0. The Bertz CT molecular complexity index is 437. The lowest BCUT2D eigenvalue weighted by atomic mass is 9.62. The highest BCUT2D eigenvalue weighted by molar-refractivity contribution is 5.40. The van der Waals surface area contributed by atoms with Crippen molar-refractivity contribution in [3.8, 4) is 0 Å². The number of benzene rings is 1. The maximum Gasteiger partial charge on any atom is 0.418 e. The first kappa shape index (κ1) is 12.4. The summed E-state index contributed by atoms with van der Waals surface area (Å²) in [6.07, 6.45) is -4.62. The lowest BCUT2D eigenvalue weighted by molar-refractivity contribution is -0.287. The van der Waals surface area contributed by atoms with Crippen LogP contribution in [0, 0.1) is 0 Å². The molecule has 1 aliphatic carbocycles. The molecule has 1 unspecified atom stereocenters. The molecule has 0 heterocycles. The summed E-state index contributed by atoms with van der Waals surface area (Å²) < 4.78 is 39.2. The van der Waals surface area contributed by atoms with Crippen molar-refractivity contribution in [1.82, 2.24) is 0 Å². The van der Waals surface area contributed by atoms with Crippen LogP contribution in [0.2, 0.25) is 0 Å². The fraction of sp³-hybridized carbons (Fsp3) is 0.538. The molecule has 0 aliphatic heterocycles. The summed E-state index contributed by atoms with van der Waals surface area (Å²) in [5, 5.41) is 10.1. The Morgan fingerprint density at radius 2 is 1.76 bits per heavy atom. The standard InChI is InChI=1S/C13H15F3O/c1-11(2)10-6-4-3-5-9(10)7-8-12(11,17)13(14,15)16/h3-6,17H,7-8H2,1-2H3. The molecule has 2 rings (SSSR count). The number of rotatable bonds is 0. The summed E-state index contributed by atoms with van der Waals surface area (Å²) in [5.74, 6) is 0. The van der Waals surface area contributed by atoms with E-state index in [0.717, 1.165) is 5.56 Å². The molecule has 1 nitrogen and oxygen atoms in total. The molecule has 94 valence electrons. The zero-order chi connectivity index (χ0) is 12.9. The van der Waals surface area contributed by atoms with E-state index < -0.39 is 17.2 Å². The fourth-order valence-electron chi connectivity index (χ4n) is 2.69. The molecule has 1 atom stereocenters. The van der Waals surface area contributed by atoms with E-state index in [4.69, 9.17) is 0 Å². The van der Waals surface area contributed by atoms with E-state index >= 15 is 0 Å². The highest BCUT2D eigenvalue weighted by atomic mass is 19.4. The van der Waals surface area contributed by atoms with Crippen LogP contribution in [0.3, 0.4) is 0 Å². The largest absolute Gasteiger partial charge is 0.418 e. The quantitative estimate of drug-likeness (QED) is 0.743. The molecule has 1 aliphatic rings. The van der Waals surface area contributed by atoms with E-state index in [0.29, 0.717) is 5.56 Å². The van der Waals surface area contributed by atoms with Gasteiger partial charge in [-0.2, -0.15) is 13.2 Å². The van der Waals surface area contributed by atoms with Gasteiger partial charge in [0, 0.05) is 5.41 Å². The maximum atomic E-state index is 13.1. The number of aliphatic hydroxyl groups is 1. The Morgan fingerprint density at radius 1 is 1.18 bits per heavy atom. The zero-order valence-electron chi connectivity index (χ0n) is 9.80. The van der Waals surface area contributed by atoms with Gasteiger partial charge in [0.05, 0.1) is 0 Å². The molecule has 1 aromatic rings. The second-order valence-electron chi connectivity index (χ2n) is 5.14. The molecule has 1 aromatic carbocycles. The van der Waals surface area contributed by atoms with Crippen LogP contribution in [-0.2, 0) is 11.8 Å². The molecule has 0 spiro atoms. The molecule has 0 bridgehead atoms. The lowest BCUT2D eigenvalue weighted by Crippen LogP contribution is -2.60. The fourth-order valence-corrected chi connectivity index (χ4v) is 2.69. The third-order valence-corrected chi connectivity index (χ3v) is 3.95. The average molecular weight is 244 g/mol. The molecule has 4 heteroatoms. The molecule has 0 aromatic heterocycles. The van der Waals surface area contributed by atoms with Crippen LogP contribution < -0.4 is 0 Å². The van der Waals surface area contributed by atoms with E-state index in [9.17, 15) is 18.3 Å². The van der Waals surface area contributed by atoms with Crippen LogP contribution >= 0.6 is 0 Å². The van der Waals surface area contributed by atoms with Crippen molar-refractivity contribution < 1.29 is 18.3 Å². The van der Waals surface area contributed by atoms with Crippen LogP contribution in [0.5, 0.6) is 0 Å². The number of aryl methyl sites for hydroxylation is 1. The van der Waals surface area contributed by atoms with Crippen molar-refractivity contribution in [3.63, 3.8) is 0 Å². The summed E-state index contributed by atoms with van der Waals surface area (Å²) in [5.41, 5.74) is -2.48. The van der Waals surface area contributed by atoms with Crippen molar-refractivity contribution in [3.05, 3.63) is 35.4 Å². The minimum atomic E-state index is -4.61. The number of halogens is 3. The van der Waals surface area contributed by atoms with Crippen LogP contribution in [0.4, 0.5) is 13.2 Å². The highest BCUT2D eigenvalue weighted by Crippen LogP contribution is 2.51. The van der Waals surface area contributed by atoms with Crippen molar-refractivity contribution in [2.75, 3.05) is 0 Å². The van der Waals surface area contributed by atoms with Gasteiger partial charge in [0.1, 0.15) is 0 Å². The van der Waals surface area contributed by atoms with Crippen LogP contribution in [-0.4, -0.2) is 16.9 Å². The normalized spacial score (nSPS) is 27.6. The summed E-state index contributed by atoms with van der Waals surface area (Å²) in [6, 6.07) is 7.02. The third-order valence-electron chi connectivity index (χ3n) is 3.95. The van der Waals surface area contributed by atoms with Crippen molar-refractivity contribution in [2.45, 2.75) is 43.9 Å². The predicted octanol–water partition coefficient (Wildman–Crippen LogP) is 3.20. The monoisotopic (exact) mass is 244 g/mol. The van der Waals surface area contributed by atoms with E-state index in [1.54, 1.807) is 12.1 Å². The van der Waals surface area contributed by atoms with Gasteiger partial charge in [0.25, 0.3) is 0 Å². The number of fused-ring (bicyclic) bond motifs is 1. The molecule has 17 heavy (non-hydrogen) atoms. The van der Waals surface area contributed by atoms with E-state index in [1.807, 2.05) is 12.1 Å². The smallest absolute Gasteiger partial charge is 0.380 e. The van der Waals surface area contributed by atoms with Crippen molar-refractivity contribution >= 4 is 0 Å². The Morgan fingerprint density at radius 3 is 2.35 bits per heavy atom. The molecule has 1 N–H and O–H groups in total. The van der Waals surface area contributed by atoms with Crippen LogP contribution in [0.1, 0.15) is 31.4 Å². The number of hydrogen-bond acceptors (Lipinski definition) is 1. The minimum absolute atomic E-state index is 0.260. The first-order chi connectivity index (χ1) is 7.70. The van der Waals surface area contributed by atoms with Crippen LogP contribution in [0.25, 0.3) is 0 Å². The van der Waals surface area contributed by atoms with Crippen molar-refractivity contribution in [2.24, 2.45) is 0 Å². The molecule has 0 radical (unpaired) electrons. The first-order valence-electron chi connectivity index (χ1n) is 5.58. The van der Waals surface area contributed by atoms with Gasteiger partial charge in [-0.05, 0) is 24.0 Å². The Balaban J connectivity index is 2.59. The van der Waals surface area contributed by atoms with E-state index in [-0.39, 0.29) is 12.8 Å². The van der Waals surface area contributed by atoms with Gasteiger partial charge in [0.2, 0.25) is 0 Å².